The molecule has 0 atom stereocenters. The zero-order valence-corrected chi connectivity index (χ0v) is 12.0. The molecule has 6 heteroatoms. The average molecular weight is 292 g/mol. The van der Waals surface area contributed by atoms with Gasteiger partial charge in [-0.15, -0.1) is 0 Å². The lowest BCUT2D eigenvalue weighted by Crippen LogP contribution is -2.15. The Morgan fingerprint density at radius 2 is 2.20 bits per heavy atom. The van der Waals surface area contributed by atoms with E-state index in [4.69, 9.17) is 4.42 Å². The molecule has 0 unspecified atom stereocenters. The number of sulfone groups is 1. The first kappa shape index (κ1) is 13.3. The van der Waals surface area contributed by atoms with Gasteiger partial charge in [-0.05, 0) is 25.0 Å². The monoisotopic (exact) mass is 292 g/mol. The second-order valence-corrected chi connectivity index (χ2v) is 7.09. The van der Waals surface area contributed by atoms with Crippen LogP contribution in [0.4, 0.5) is 0 Å². The standard InChI is InChI=1S/C14H16N2O3S/c1-20(17,18)12-4-2-3-10(7-12)13-8-16-14(19-13)9-15-11-5-6-11/h2-4,7-8,11,15H,5-6,9H2,1H3. The molecule has 0 saturated heterocycles. The van der Waals surface area contributed by atoms with Crippen LogP contribution < -0.4 is 5.32 Å². The summed E-state index contributed by atoms with van der Waals surface area (Å²) in [5, 5.41) is 3.32. The predicted molar refractivity (Wildman–Crippen MR) is 74.9 cm³/mol. The molecule has 1 aliphatic rings. The van der Waals surface area contributed by atoms with Crippen molar-refractivity contribution in [1.29, 1.82) is 0 Å². The molecule has 5 nitrogen and oxygen atoms in total. The van der Waals surface area contributed by atoms with Crippen LogP contribution in [0.3, 0.4) is 0 Å². The fourth-order valence-electron chi connectivity index (χ4n) is 1.92. The molecule has 3 rings (SSSR count). The van der Waals surface area contributed by atoms with Crippen molar-refractivity contribution >= 4 is 9.84 Å². The van der Waals surface area contributed by atoms with Crippen LogP contribution in [0.15, 0.2) is 39.8 Å². The van der Waals surface area contributed by atoms with E-state index in [1.807, 2.05) is 6.07 Å². The Labute approximate surface area is 117 Å². The highest BCUT2D eigenvalue weighted by Crippen LogP contribution is 2.24. The van der Waals surface area contributed by atoms with Crippen molar-refractivity contribution in [2.75, 3.05) is 6.26 Å². The van der Waals surface area contributed by atoms with Gasteiger partial charge in [0.2, 0.25) is 5.89 Å². The molecule has 1 heterocycles. The number of hydrogen-bond donors (Lipinski definition) is 1. The summed E-state index contributed by atoms with van der Waals surface area (Å²) in [7, 11) is -3.21. The molecule has 1 N–H and O–H groups in total. The quantitative estimate of drug-likeness (QED) is 0.912. The first-order valence-electron chi connectivity index (χ1n) is 6.51. The number of benzene rings is 1. The van der Waals surface area contributed by atoms with Crippen LogP contribution in [0.2, 0.25) is 0 Å². The van der Waals surface area contributed by atoms with Crippen molar-refractivity contribution in [3.63, 3.8) is 0 Å². The van der Waals surface area contributed by atoms with Crippen molar-refractivity contribution in [3.05, 3.63) is 36.4 Å². The zero-order chi connectivity index (χ0) is 14.2. The molecule has 106 valence electrons. The highest BCUT2D eigenvalue weighted by atomic mass is 32.2. The van der Waals surface area contributed by atoms with Crippen LogP contribution in [0.25, 0.3) is 11.3 Å². The number of oxazole rings is 1. The molecule has 2 aromatic rings. The first-order valence-corrected chi connectivity index (χ1v) is 8.40. The van der Waals surface area contributed by atoms with E-state index in [0.29, 0.717) is 24.2 Å². The molecule has 1 aromatic heterocycles. The summed E-state index contributed by atoms with van der Waals surface area (Å²) in [4.78, 5) is 4.49. The summed E-state index contributed by atoms with van der Waals surface area (Å²) in [6, 6.07) is 7.29. The molecule has 0 bridgehead atoms. The number of nitrogens with zero attached hydrogens (tertiary/aromatic N) is 1. The van der Waals surface area contributed by atoms with Crippen molar-refractivity contribution in [2.45, 2.75) is 30.3 Å². The Kier molecular flexibility index (Phi) is 3.35. The summed E-state index contributed by atoms with van der Waals surface area (Å²) < 4.78 is 28.7. The maximum absolute atomic E-state index is 11.5. The minimum absolute atomic E-state index is 0.282. The molecule has 1 aliphatic carbocycles. The fraction of sp³-hybridized carbons (Fsp3) is 0.357. The topological polar surface area (TPSA) is 72.2 Å². The molecule has 1 saturated carbocycles. The SMILES string of the molecule is CS(=O)(=O)c1cccc(-c2cnc(CNC3CC3)o2)c1. The molecule has 0 aliphatic heterocycles. The number of nitrogens with one attached hydrogen (secondary N) is 1. The molecular weight excluding hydrogens is 276 g/mol. The van der Waals surface area contributed by atoms with E-state index in [0.717, 1.165) is 5.56 Å². The Balaban J connectivity index is 1.81. The summed E-state index contributed by atoms with van der Waals surface area (Å²) in [6.45, 7) is 0.608. The van der Waals surface area contributed by atoms with E-state index in [9.17, 15) is 8.42 Å². The van der Waals surface area contributed by atoms with Crippen molar-refractivity contribution in [2.24, 2.45) is 0 Å². The van der Waals surface area contributed by atoms with Gasteiger partial charge in [0.25, 0.3) is 0 Å². The van der Waals surface area contributed by atoms with Crippen LogP contribution in [0, 0.1) is 0 Å². The summed E-state index contributed by atoms with van der Waals surface area (Å²) in [5.74, 6) is 1.21. The number of aromatic nitrogens is 1. The van der Waals surface area contributed by atoms with E-state index in [1.54, 1.807) is 24.4 Å². The Hall–Kier alpha value is -1.66. The van der Waals surface area contributed by atoms with Gasteiger partial charge in [-0.3, -0.25) is 0 Å². The smallest absolute Gasteiger partial charge is 0.208 e. The van der Waals surface area contributed by atoms with E-state index >= 15 is 0 Å². The molecule has 1 fully saturated rings. The van der Waals surface area contributed by atoms with Gasteiger partial charge in [-0.25, -0.2) is 13.4 Å². The molecule has 0 amide bonds. The van der Waals surface area contributed by atoms with Crippen molar-refractivity contribution in [3.8, 4) is 11.3 Å². The van der Waals surface area contributed by atoms with Crippen LogP contribution >= 0.6 is 0 Å². The zero-order valence-electron chi connectivity index (χ0n) is 11.2. The molecular formula is C14H16N2O3S. The maximum atomic E-state index is 11.5. The number of rotatable bonds is 5. The Morgan fingerprint density at radius 3 is 2.90 bits per heavy atom. The maximum Gasteiger partial charge on any atom is 0.208 e. The van der Waals surface area contributed by atoms with E-state index in [2.05, 4.69) is 10.3 Å². The van der Waals surface area contributed by atoms with Crippen LogP contribution in [-0.2, 0) is 16.4 Å². The Morgan fingerprint density at radius 1 is 1.40 bits per heavy atom. The third kappa shape index (κ3) is 3.08. The summed E-state index contributed by atoms with van der Waals surface area (Å²) in [6.07, 6.45) is 5.25. The largest absolute Gasteiger partial charge is 0.439 e. The van der Waals surface area contributed by atoms with Crippen LogP contribution in [-0.4, -0.2) is 25.7 Å². The lowest BCUT2D eigenvalue weighted by atomic mass is 10.2. The predicted octanol–water partition coefficient (Wildman–Crippen LogP) is 2.00. The lowest BCUT2D eigenvalue weighted by Gasteiger charge is -2.01. The Bertz CT molecular complexity index is 718. The summed E-state index contributed by atoms with van der Waals surface area (Å²) >= 11 is 0. The van der Waals surface area contributed by atoms with Gasteiger partial charge >= 0.3 is 0 Å². The van der Waals surface area contributed by atoms with E-state index < -0.39 is 9.84 Å². The lowest BCUT2D eigenvalue weighted by molar-refractivity contribution is 0.476. The summed E-state index contributed by atoms with van der Waals surface area (Å²) in [5.41, 5.74) is 0.720. The van der Waals surface area contributed by atoms with Gasteiger partial charge in [0, 0.05) is 17.9 Å². The third-order valence-electron chi connectivity index (χ3n) is 3.22. The first-order chi connectivity index (χ1) is 9.52. The fourth-order valence-corrected chi connectivity index (χ4v) is 2.59. The van der Waals surface area contributed by atoms with Gasteiger partial charge in [0.05, 0.1) is 17.6 Å². The average Bonchev–Trinajstić information content (AvgIpc) is 3.12. The number of hydrogen-bond acceptors (Lipinski definition) is 5. The van der Waals surface area contributed by atoms with Gasteiger partial charge in [-0.2, -0.15) is 0 Å². The van der Waals surface area contributed by atoms with Crippen molar-refractivity contribution in [1.82, 2.24) is 10.3 Å². The normalized spacial score (nSPS) is 15.4. The molecule has 0 spiro atoms. The highest BCUT2D eigenvalue weighted by molar-refractivity contribution is 7.90. The second-order valence-electron chi connectivity index (χ2n) is 5.07. The third-order valence-corrected chi connectivity index (χ3v) is 4.33. The highest BCUT2D eigenvalue weighted by Gasteiger charge is 2.21. The van der Waals surface area contributed by atoms with Gasteiger partial charge in [-0.1, -0.05) is 12.1 Å². The van der Waals surface area contributed by atoms with Crippen LogP contribution in [0.1, 0.15) is 18.7 Å². The molecule has 1 aromatic carbocycles. The van der Waals surface area contributed by atoms with Crippen molar-refractivity contribution < 1.29 is 12.8 Å². The molecule has 20 heavy (non-hydrogen) atoms. The second kappa shape index (κ2) is 5.03. The van der Waals surface area contributed by atoms with Crippen LogP contribution in [0.5, 0.6) is 0 Å². The minimum atomic E-state index is -3.21. The van der Waals surface area contributed by atoms with E-state index in [-0.39, 0.29) is 4.90 Å². The van der Waals surface area contributed by atoms with Gasteiger partial charge in [0.1, 0.15) is 0 Å². The minimum Gasteiger partial charge on any atom is -0.439 e. The molecule has 0 radical (unpaired) electrons. The van der Waals surface area contributed by atoms with Gasteiger partial charge < -0.3 is 9.73 Å². The van der Waals surface area contributed by atoms with E-state index in [1.165, 1.54) is 19.1 Å². The van der Waals surface area contributed by atoms with Gasteiger partial charge in [0.15, 0.2) is 15.6 Å².